The van der Waals surface area contributed by atoms with Gasteiger partial charge in [-0.05, 0) is 6.42 Å². The Balaban J connectivity index is 2.16. The number of aromatic nitrogens is 2. The summed E-state index contributed by atoms with van der Waals surface area (Å²) in [5.74, 6) is 1.74. The Morgan fingerprint density at radius 2 is 2.25 bits per heavy atom. The fourth-order valence-electron chi connectivity index (χ4n) is 1.08. The highest BCUT2D eigenvalue weighted by Gasteiger charge is 1.97. The summed E-state index contributed by atoms with van der Waals surface area (Å²) in [5, 5.41) is 3.13. The second-order valence-corrected chi connectivity index (χ2v) is 3.41. The number of nitrogens with zero attached hydrogens (tertiary/aromatic N) is 2. The topological polar surface area (TPSA) is 56.3 Å². The van der Waals surface area contributed by atoms with Gasteiger partial charge in [0.25, 0.3) is 0 Å². The largest absolute Gasteiger partial charge is 0.480 e. The van der Waals surface area contributed by atoms with Crippen LogP contribution in [0.25, 0.3) is 0 Å². The third kappa shape index (κ3) is 5.14. The molecular formula is C10H16ClN3O2. The van der Waals surface area contributed by atoms with Crippen LogP contribution in [0.5, 0.6) is 5.88 Å². The van der Waals surface area contributed by atoms with E-state index in [1.165, 1.54) is 0 Å². The maximum absolute atomic E-state index is 5.47. The van der Waals surface area contributed by atoms with Crippen LogP contribution < -0.4 is 10.1 Å². The third-order valence-corrected chi connectivity index (χ3v) is 1.97. The van der Waals surface area contributed by atoms with E-state index in [0.29, 0.717) is 30.8 Å². The molecule has 1 rings (SSSR count). The van der Waals surface area contributed by atoms with Gasteiger partial charge >= 0.3 is 0 Å². The van der Waals surface area contributed by atoms with E-state index in [1.807, 2.05) is 0 Å². The standard InChI is InChI=1S/C10H16ClN3O2/c1-15-10-8-12-7-9(14-10)13-4-2-5-16-6-3-11/h7-8H,2-6H2,1H3,(H,13,14). The molecular weight excluding hydrogens is 230 g/mol. The van der Waals surface area contributed by atoms with E-state index in [2.05, 4.69) is 15.3 Å². The van der Waals surface area contributed by atoms with Gasteiger partial charge in [0, 0.05) is 19.0 Å². The minimum Gasteiger partial charge on any atom is -0.480 e. The van der Waals surface area contributed by atoms with Gasteiger partial charge in [0.1, 0.15) is 5.82 Å². The molecule has 1 heterocycles. The van der Waals surface area contributed by atoms with Gasteiger partial charge in [-0.15, -0.1) is 11.6 Å². The van der Waals surface area contributed by atoms with Crippen molar-refractivity contribution >= 4 is 17.4 Å². The fourth-order valence-corrected chi connectivity index (χ4v) is 1.19. The zero-order valence-electron chi connectivity index (χ0n) is 9.28. The van der Waals surface area contributed by atoms with E-state index in [9.17, 15) is 0 Å². The van der Waals surface area contributed by atoms with Crippen LogP contribution in [-0.2, 0) is 4.74 Å². The summed E-state index contributed by atoms with van der Waals surface area (Å²) in [6.45, 7) is 2.07. The maximum atomic E-state index is 5.47. The number of ether oxygens (including phenoxy) is 2. The molecule has 1 N–H and O–H groups in total. The average Bonchev–Trinajstić information content (AvgIpc) is 2.34. The Morgan fingerprint density at radius 3 is 3.00 bits per heavy atom. The average molecular weight is 246 g/mol. The third-order valence-electron chi connectivity index (χ3n) is 1.81. The first-order valence-corrected chi connectivity index (χ1v) is 5.64. The van der Waals surface area contributed by atoms with Crippen LogP contribution in [0.4, 0.5) is 5.82 Å². The van der Waals surface area contributed by atoms with E-state index in [1.54, 1.807) is 19.5 Å². The number of methoxy groups -OCH3 is 1. The van der Waals surface area contributed by atoms with Crippen molar-refractivity contribution in [1.29, 1.82) is 0 Å². The molecule has 1 aromatic rings. The lowest BCUT2D eigenvalue weighted by Gasteiger charge is -2.06. The summed E-state index contributed by atoms with van der Waals surface area (Å²) in [6, 6.07) is 0. The van der Waals surface area contributed by atoms with Crippen LogP contribution in [0.1, 0.15) is 6.42 Å². The zero-order valence-corrected chi connectivity index (χ0v) is 10.0. The lowest BCUT2D eigenvalue weighted by Crippen LogP contribution is -2.08. The van der Waals surface area contributed by atoms with Crippen LogP contribution in [0, 0.1) is 0 Å². The molecule has 5 nitrogen and oxygen atoms in total. The highest BCUT2D eigenvalue weighted by atomic mass is 35.5. The van der Waals surface area contributed by atoms with Crippen molar-refractivity contribution in [3.8, 4) is 5.88 Å². The molecule has 0 fully saturated rings. The molecule has 0 amide bonds. The van der Waals surface area contributed by atoms with Crippen LogP contribution in [-0.4, -0.2) is 42.7 Å². The highest BCUT2D eigenvalue weighted by molar-refractivity contribution is 6.17. The fraction of sp³-hybridized carbons (Fsp3) is 0.600. The number of halogens is 1. The van der Waals surface area contributed by atoms with Crippen molar-refractivity contribution in [2.24, 2.45) is 0 Å². The molecule has 0 aliphatic carbocycles. The first-order chi connectivity index (χ1) is 7.86. The van der Waals surface area contributed by atoms with E-state index < -0.39 is 0 Å². The second kappa shape index (κ2) is 8.13. The first kappa shape index (κ1) is 13.0. The van der Waals surface area contributed by atoms with Crippen molar-refractivity contribution in [2.45, 2.75) is 6.42 Å². The van der Waals surface area contributed by atoms with Gasteiger partial charge in [-0.2, -0.15) is 4.98 Å². The van der Waals surface area contributed by atoms with Crippen LogP contribution in [0.15, 0.2) is 12.4 Å². The predicted molar refractivity (Wildman–Crippen MR) is 63.2 cm³/mol. The number of nitrogens with one attached hydrogen (secondary N) is 1. The van der Waals surface area contributed by atoms with E-state index in [-0.39, 0.29) is 0 Å². The van der Waals surface area contributed by atoms with E-state index in [0.717, 1.165) is 13.0 Å². The summed E-state index contributed by atoms with van der Waals surface area (Å²) in [6.07, 6.45) is 4.12. The molecule has 0 bridgehead atoms. The van der Waals surface area contributed by atoms with E-state index >= 15 is 0 Å². The lowest BCUT2D eigenvalue weighted by atomic mass is 10.4. The normalized spacial score (nSPS) is 10.1. The van der Waals surface area contributed by atoms with Crippen molar-refractivity contribution in [2.75, 3.05) is 38.1 Å². The van der Waals surface area contributed by atoms with Crippen molar-refractivity contribution in [1.82, 2.24) is 9.97 Å². The van der Waals surface area contributed by atoms with Crippen molar-refractivity contribution < 1.29 is 9.47 Å². The number of hydrogen-bond acceptors (Lipinski definition) is 5. The summed E-state index contributed by atoms with van der Waals surface area (Å²) in [4.78, 5) is 8.15. The maximum Gasteiger partial charge on any atom is 0.233 e. The molecule has 0 spiro atoms. The Hall–Kier alpha value is -1.07. The van der Waals surface area contributed by atoms with Gasteiger partial charge < -0.3 is 14.8 Å². The minimum absolute atomic E-state index is 0.503. The molecule has 0 saturated carbocycles. The summed E-state index contributed by atoms with van der Waals surface area (Å²) < 4.78 is 10.2. The molecule has 6 heteroatoms. The number of hydrogen-bond donors (Lipinski definition) is 1. The number of anilines is 1. The molecule has 0 saturated heterocycles. The molecule has 1 aromatic heterocycles. The molecule has 90 valence electrons. The van der Waals surface area contributed by atoms with Crippen LogP contribution in [0.3, 0.4) is 0 Å². The predicted octanol–water partition coefficient (Wildman–Crippen LogP) is 1.54. The Labute approximate surface area is 100 Å². The Morgan fingerprint density at radius 1 is 1.38 bits per heavy atom. The molecule has 0 aliphatic rings. The second-order valence-electron chi connectivity index (χ2n) is 3.03. The van der Waals surface area contributed by atoms with Crippen molar-refractivity contribution in [3.63, 3.8) is 0 Å². The van der Waals surface area contributed by atoms with Gasteiger partial charge in [0.05, 0.1) is 26.1 Å². The van der Waals surface area contributed by atoms with Gasteiger partial charge in [0.2, 0.25) is 5.88 Å². The minimum atomic E-state index is 0.503. The smallest absolute Gasteiger partial charge is 0.233 e. The number of alkyl halides is 1. The monoisotopic (exact) mass is 245 g/mol. The van der Waals surface area contributed by atoms with Crippen molar-refractivity contribution in [3.05, 3.63) is 12.4 Å². The van der Waals surface area contributed by atoms with Gasteiger partial charge in [-0.25, -0.2) is 0 Å². The Kier molecular flexibility index (Phi) is 6.60. The zero-order chi connectivity index (χ0) is 11.6. The summed E-state index contributed by atoms with van der Waals surface area (Å²) >= 11 is 5.47. The first-order valence-electron chi connectivity index (χ1n) is 5.10. The van der Waals surface area contributed by atoms with Crippen LogP contribution in [0.2, 0.25) is 0 Å². The quantitative estimate of drug-likeness (QED) is 0.556. The van der Waals surface area contributed by atoms with Gasteiger partial charge in [-0.1, -0.05) is 0 Å². The lowest BCUT2D eigenvalue weighted by molar-refractivity contribution is 0.149. The van der Waals surface area contributed by atoms with E-state index in [4.69, 9.17) is 21.1 Å². The molecule has 0 aromatic carbocycles. The Bertz CT molecular complexity index is 299. The molecule has 0 unspecified atom stereocenters. The molecule has 0 aliphatic heterocycles. The highest BCUT2D eigenvalue weighted by Crippen LogP contribution is 2.07. The SMILES string of the molecule is COc1cncc(NCCCOCCCl)n1. The molecule has 0 radical (unpaired) electrons. The summed E-state index contributed by atoms with van der Waals surface area (Å²) in [5.41, 5.74) is 0. The summed E-state index contributed by atoms with van der Waals surface area (Å²) in [7, 11) is 1.56. The van der Waals surface area contributed by atoms with Crippen LogP contribution >= 0.6 is 11.6 Å². The molecule has 16 heavy (non-hydrogen) atoms. The van der Waals surface area contributed by atoms with Gasteiger partial charge in [-0.3, -0.25) is 4.98 Å². The van der Waals surface area contributed by atoms with Gasteiger partial charge in [0.15, 0.2) is 0 Å². The number of rotatable bonds is 8. The molecule has 0 atom stereocenters.